The summed E-state index contributed by atoms with van der Waals surface area (Å²) in [5, 5.41) is 3.02. The third kappa shape index (κ3) is 2.69. The highest BCUT2D eigenvalue weighted by atomic mass is 32.2. The van der Waals surface area contributed by atoms with Gasteiger partial charge in [-0.05, 0) is 30.7 Å². The lowest BCUT2D eigenvalue weighted by atomic mass is 10.1. The Balaban J connectivity index is 1.57. The lowest BCUT2D eigenvalue weighted by molar-refractivity contribution is 0.102. The molecule has 0 aliphatic carbocycles. The smallest absolute Gasteiger partial charge is 0.175 e. The molecule has 0 aliphatic heterocycles. The van der Waals surface area contributed by atoms with E-state index in [1.165, 1.54) is 17.3 Å². The highest BCUT2D eigenvalue weighted by Crippen LogP contribution is 2.25. The molecule has 0 atom stereocenters. The summed E-state index contributed by atoms with van der Waals surface area (Å²) >= 11 is 1.49. The van der Waals surface area contributed by atoms with Crippen LogP contribution in [-0.2, 0) is 0 Å². The second kappa shape index (κ2) is 6.13. The van der Waals surface area contributed by atoms with Gasteiger partial charge in [-0.1, -0.05) is 48.2 Å². The van der Waals surface area contributed by atoms with Gasteiger partial charge in [0.15, 0.2) is 5.78 Å². The van der Waals surface area contributed by atoms with Crippen LogP contribution in [0.15, 0.2) is 65.8 Å². The molecule has 0 spiro atoms. The molecule has 0 bridgehead atoms. The number of pyridine rings is 1. The lowest BCUT2D eigenvalue weighted by Gasteiger charge is -2.05. The lowest BCUT2D eigenvalue weighted by Crippen LogP contribution is -2.02. The number of hydrogen-bond donors (Lipinski definition) is 1. The highest BCUT2D eigenvalue weighted by Gasteiger charge is 2.13. The molecule has 4 heteroatoms. The van der Waals surface area contributed by atoms with Gasteiger partial charge in [0, 0.05) is 28.0 Å². The molecule has 3 nitrogen and oxygen atoms in total. The first-order chi connectivity index (χ1) is 11.7. The number of rotatable bonds is 4. The molecule has 0 aliphatic rings. The van der Waals surface area contributed by atoms with Gasteiger partial charge in [-0.25, -0.2) is 4.98 Å². The SMILES string of the molecule is Cc1cc(SCC(=O)c2c[nH]c3ccccc23)nc2ccccc12. The zero-order valence-electron chi connectivity index (χ0n) is 13.2. The number of hydrogen-bond acceptors (Lipinski definition) is 3. The number of aromatic nitrogens is 2. The summed E-state index contributed by atoms with van der Waals surface area (Å²) in [5.41, 5.74) is 3.89. The molecule has 4 aromatic rings. The Hall–Kier alpha value is -2.59. The van der Waals surface area contributed by atoms with E-state index in [4.69, 9.17) is 0 Å². The Morgan fingerprint density at radius 2 is 1.83 bits per heavy atom. The molecule has 0 amide bonds. The van der Waals surface area contributed by atoms with E-state index in [2.05, 4.69) is 29.0 Å². The van der Waals surface area contributed by atoms with Crippen molar-refractivity contribution in [3.8, 4) is 0 Å². The molecule has 2 heterocycles. The van der Waals surface area contributed by atoms with Crippen LogP contribution >= 0.6 is 11.8 Å². The molecule has 0 saturated carbocycles. The number of thioether (sulfide) groups is 1. The summed E-state index contributed by atoms with van der Waals surface area (Å²) in [6.07, 6.45) is 1.80. The minimum atomic E-state index is 0.116. The Labute approximate surface area is 144 Å². The largest absolute Gasteiger partial charge is 0.360 e. The number of aromatic amines is 1. The summed E-state index contributed by atoms with van der Waals surface area (Å²) in [6, 6.07) is 18.0. The van der Waals surface area contributed by atoms with Crippen LogP contribution in [0.3, 0.4) is 0 Å². The predicted octanol–water partition coefficient (Wildman–Crippen LogP) is 5.00. The topological polar surface area (TPSA) is 45.8 Å². The predicted molar refractivity (Wildman–Crippen MR) is 99.8 cm³/mol. The number of Topliss-reactive ketones (excluding diaryl/α,β-unsaturated/α-hetero) is 1. The van der Waals surface area contributed by atoms with Crippen LogP contribution in [0, 0.1) is 6.92 Å². The molecule has 0 saturated heterocycles. The molecule has 2 aromatic carbocycles. The second-order valence-corrected chi connectivity index (χ2v) is 6.75. The Kier molecular flexibility index (Phi) is 3.82. The fourth-order valence-corrected chi connectivity index (χ4v) is 3.77. The number of carbonyl (C=O) groups is 1. The Morgan fingerprint density at radius 1 is 1.08 bits per heavy atom. The molecule has 1 N–H and O–H groups in total. The minimum Gasteiger partial charge on any atom is -0.360 e. The number of para-hydroxylation sites is 2. The molecule has 0 fully saturated rings. The van der Waals surface area contributed by atoms with E-state index in [-0.39, 0.29) is 5.78 Å². The number of carbonyl (C=O) groups excluding carboxylic acids is 1. The monoisotopic (exact) mass is 332 g/mol. The summed E-state index contributed by atoms with van der Waals surface area (Å²) in [6.45, 7) is 2.08. The average Bonchev–Trinajstić information content (AvgIpc) is 3.04. The van der Waals surface area contributed by atoms with Gasteiger partial charge in [0.2, 0.25) is 0 Å². The number of ketones is 1. The molecule has 118 valence electrons. The van der Waals surface area contributed by atoms with E-state index in [0.717, 1.165) is 32.4 Å². The molecule has 0 unspecified atom stereocenters. The van der Waals surface area contributed by atoms with Crippen molar-refractivity contribution in [1.29, 1.82) is 0 Å². The van der Waals surface area contributed by atoms with E-state index in [9.17, 15) is 4.79 Å². The van der Waals surface area contributed by atoms with Crippen LogP contribution in [0.1, 0.15) is 15.9 Å². The van der Waals surface area contributed by atoms with Gasteiger partial charge in [0.05, 0.1) is 16.3 Å². The van der Waals surface area contributed by atoms with Gasteiger partial charge in [-0.15, -0.1) is 0 Å². The zero-order chi connectivity index (χ0) is 16.5. The quantitative estimate of drug-likeness (QED) is 0.422. The maximum Gasteiger partial charge on any atom is 0.175 e. The summed E-state index contributed by atoms with van der Waals surface area (Å²) in [4.78, 5) is 20.4. The first-order valence-corrected chi connectivity index (χ1v) is 8.79. The highest BCUT2D eigenvalue weighted by molar-refractivity contribution is 7.99. The van der Waals surface area contributed by atoms with Crippen LogP contribution in [0.2, 0.25) is 0 Å². The maximum absolute atomic E-state index is 12.6. The van der Waals surface area contributed by atoms with Gasteiger partial charge < -0.3 is 4.98 Å². The van der Waals surface area contributed by atoms with E-state index < -0.39 is 0 Å². The number of fused-ring (bicyclic) bond motifs is 2. The van der Waals surface area contributed by atoms with Crippen LogP contribution in [0.25, 0.3) is 21.8 Å². The van der Waals surface area contributed by atoms with Crippen molar-refractivity contribution in [2.24, 2.45) is 0 Å². The third-order valence-corrected chi connectivity index (χ3v) is 5.05. The zero-order valence-corrected chi connectivity index (χ0v) is 14.1. The van der Waals surface area contributed by atoms with Crippen LogP contribution in [0.4, 0.5) is 0 Å². The molecular formula is C20H16N2OS. The number of H-pyrrole nitrogens is 1. The second-order valence-electron chi connectivity index (χ2n) is 5.75. The Morgan fingerprint density at radius 3 is 2.71 bits per heavy atom. The summed E-state index contributed by atoms with van der Waals surface area (Å²) in [7, 11) is 0. The number of nitrogens with zero attached hydrogens (tertiary/aromatic N) is 1. The van der Waals surface area contributed by atoms with Crippen molar-refractivity contribution >= 4 is 39.4 Å². The van der Waals surface area contributed by atoms with Crippen LogP contribution < -0.4 is 0 Å². The van der Waals surface area contributed by atoms with Gasteiger partial charge >= 0.3 is 0 Å². The molecular weight excluding hydrogens is 316 g/mol. The first-order valence-electron chi connectivity index (χ1n) is 7.81. The van der Waals surface area contributed by atoms with E-state index in [1.807, 2.05) is 42.5 Å². The van der Waals surface area contributed by atoms with E-state index in [0.29, 0.717) is 5.75 Å². The van der Waals surface area contributed by atoms with Crippen molar-refractivity contribution in [2.45, 2.75) is 11.9 Å². The van der Waals surface area contributed by atoms with Crippen molar-refractivity contribution in [1.82, 2.24) is 9.97 Å². The molecule has 24 heavy (non-hydrogen) atoms. The standard InChI is InChI=1S/C20H16N2OS/c1-13-10-20(22-18-9-5-2-6-14(13)18)24-12-19(23)16-11-21-17-8-4-3-7-15(16)17/h2-11,21H,12H2,1H3. The maximum atomic E-state index is 12.6. The Bertz CT molecular complexity index is 1050. The van der Waals surface area contributed by atoms with Crippen molar-refractivity contribution in [2.75, 3.05) is 5.75 Å². The number of aryl methyl sites for hydroxylation is 1. The number of benzene rings is 2. The van der Waals surface area contributed by atoms with Gasteiger partial charge in [-0.3, -0.25) is 4.79 Å². The third-order valence-electron chi connectivity index (χ3n) is 4.14. The molecule has 0 radical (unpaired) electrons. The van der Waals surface area contributed by atoms with E-state index >= 15 is 0 Å². The van der Waals surface area contributed by atoms with Crippen LogP contribution in [0.5, 0.6) is 0 Å². The van der Waals surface area contributed by atoms with Crippen molar-refractivity contribution in [3.05, 3.63) is 71.9 Å². The normalized spacial score (nSPS) is 11.2. The van der Waals surface area contributed by atoms with Crippen molar-refractivity contribution < 1.29 is 4.79 Å². The van der Waals surface area contributed by atoms with E-state index in [1.54, 1.807) is 6.20 Å². The average molecular weight is 332 g/mol. The van der Waals surface area contributed by atoms with Gasteiger partial charge in [0.1, 0.15) is 0 Å². The fourth-order valence-electron chi connectivity index (χ4n) is 2.91. The van der Waals surface area contributed by atoms with Crippen LogP contribution in [-0.4, -0.2) is 21.5 Å². The minimum absolute atomic E-state index is 0.116. The summed E-state index contributed by atoms with van der Waals surface area (Å²) in [5.74, 6) is 0.497. The molecule has 2 aromatic heterocycles. The van der Waals surface area contributed by atoms with Crippen molar-refractivity contribution in [3.63, 3.8) is 0 Å². The summed E-state index contributed by atoms with van der Waals surface area (Å²) < 4.78 is 0. The van der Waals surface area contributed by atoms with Gasteiger partial charge in [0.25, 0.3) is 0 Å². The fraction of sp³-hybridized carbons (Fsp3) is 0.100. The van der Waals surface area contributed by atoms with Gasteiger partial charge in [-0.2, -0.15) is 0 Å². The molecule has 4 rings (SSSR count). The number of nitrogens with one attached hydrogen (secondary N) is 1. The first kappa shape index (κ1) is 15.0.